The molecular formula is C26H23F5N6O2. The lowest BCUT2D eigenvalue weighted by molar-refractivity contribution is -0.147. The number of hydrogen-bond acceptors (Lipinski definition) is 6. The van der Waals surface area contributed by atoms with E-state index in [1.165, 1.54) is 6.07 Å². The molecule has 4 aromatic rings. The molecule has 8 nitrogen and oxygen atoms in total. The monoisotopic (exact) mass is 546 g/mol. The second-order valence-corrected chi connectivity index (χ2v) is 9.97. The Morgan fingerprint density at radius 1 is 1.08 bits per heavy atom. The summed E-state index contributed by atoms with van der Waals surface area (Å²) in [5, 5.41) is 4.25. The molecule has 1 aromatic carbocycles. The van der Waals surface area contributed by atoms with Gasteiger partial charge in [0.05, 0.1) is 30.3 Å². The number of morpholine rings is 1. The van der Waals surface area contributed by atoms with Gasteiger partial charge in [0, 0.05) is 37.0 Å². The lowest BCUT2D eigenvalue weighted by Gasteiger charge is -2.37. The van der Waals surface area contributed by atoms with Gasteiger partial charge in [-0.3, -0.25) is 14.0 Å². The number of alkyl halides is 3. The molecule has 0 N–H and O–H groups in total. The SMILES string of the molecule is C[C@H]1CN(c2cc3c(=O)n(C)c(C(F)(F)F)nc3c(-c3ccc(F)cc3F)n2)C[C@@H](c2cnn(C3CC3)c2)O1. The van der Waals surface area contributed by atoms with Gasteiger partial charge in [-0.25, -0.2) is 18.7 Å². The number of aromatic nitrogens is 5. The Bertz CT molecular complexity index is 1640. The van der Waals surface area contributed by atoms with Crippen LogP contribution in [0.4, 0.5) is 27.8 Å². The fraction of sp³-hybridized carbons (Fsp3) is 0.385. The van der Waals surface area contributed by atoms with Gasteiger partial charge >= 0.3 is 6.18 Å². The summed E-state index contributed by atoms with van der Waals surface area (Å²) in [6, 6.07) is 4.38. The first kappa shape index (κ1) is 25.4. The molecule has 13 heteroatoms. The molecule has 0 radical (unpaired) electrons. The number of benzene rings is 1. The number of fused-ring (bicyclic) bond motifs is 1. The van der Waals surface area contributed by atoms with Gasteiger partial charge in [-0.15, -0.1) is 0 Å². The lowest BCUT2D eigenvalue weighted by atomic mass is 10.1. The van der Waals surface area contributed by atoms with Gasteiger partial charge in [-0.2, -0.15) is 18.3 Å². The minimum atomic E-state index is -4.95. The Morgan fingerprint density at radius 3 is 2.54 bits per heavy atom. The van der Waals surface area contributed by atoms with Crippen molar-refractivity contribution in [1.29, 1.82) is 0 Å². The first-order valence-electron chi connectivity index (χ1n) is 12.4. The second kappa shape index (κ2) is 9.11. The quantitative estimate of drug-likeness (QED) is 0.343. The average molecular weight is 547 g/mol. The minimum absolute atomic E-state index is 0.175. The summed E-state index contributed by atoms with van der Waals surface area (Å²) >= 11 is 0. The van der Waals surface area contributed by atoms with E-state index in [2.05, 4.69) is 15.1 Å². The zero-order chi connectivity index (χ0) is 27.6. The van der Waals surface area contributed by atoms with Gasteiger partial charge in [0.1, 0.15) is 34.8 Å². The third-order valence-electron chi connectivity index (χ3n) is 6.99. The molecule has 0 bridgehead atoms. The maximum absolute atomic E-state index is 14.9. The van der Waals surface area contributed by atoms with Gasteiger partial charge in [-0.05, 0) is 38.0 Å². The van der Waals surface area contributed by atoms with E-state index < -0.39 is 40.8 Å². The molecule has 0 unspecified atom stereocenters. The maximum Gasteiger partial charge on any atom is 0.449 e. The van der Waals surface area contributed by atoms with Gasteiger partial charge in [-0.1, -0.05) is 0 Å². The van der Waals surface area contributed by atoms with E-state index in [4.69, 9.17) is 4.74 Å². The Balaban J connectivity index is 1.50. The molecule has 2 aliphatic rings. The Kier molecular flexibility index (Phi) is 5.93. The molecule has 0 spiro atoms. The summed E-state index contributed by atoms with van der Waals surface area (Å²) in [6.07, 6.45) is 0.199. The van der Waals surface area contributed by atoms with Gasteiger partial charge < -0.3 is 9.64 Å². The standard InChI is InChI=1S/C26H23F5N6O2/c1-13-10-36(12-20(39-13)14-9-32-37(11-14)16-4-5-16)21-8-18-23(34-25(26(29,30)31)35(2)24(18)38)22(33-21)17-6-3-15(27)7-19(17)28/h3,6-9,11,13,16,20H,4-5,10,12H2,1-2H3/t13-,20-/m0/s1. The highest BCUT2D eigenvalue weighted by molar-refractivity contribution is 5.93. The second-order valence-electron chi connectivity index (χ2n) is 9.97. The van der Waals surface area contributed by atoms with Gasteiger partial charge in [0.15, 0.2) is 0 Å². The van der Waals surface area contributed by atoms with E-state index >= 15 is 0 Å². The van der Waals surface area contributed by atoms with Crippen LogP contribution in [-0.2, 0) is 18.0 Å². The first-order valence-corrected chi connectivity index (χ1v) is 12.4. The minimum Gasteiger partial charge on any atom is -0.367 e. The van der Waals surface area contributed by atoms with E-state index in [1.54, 1.807) is 6.20 Å². The molecule has 1 aliphatic heterocycles. The number of ether oxygens (including phenoxy) is 1. The van der Waals surface area contributed by atoms with Crippen LogP contribution in [0.15, 0.2) is 41.5 Å². The highest BCUT2D eigenvalue weighted by Crippen LogP contribution is 2.37. The van der Waals surface area contributed by atoms with Crippen molar-refractivity contribution in [1.82, 2.24) is 24.3 Å². The van der Waals surface area contributed by atoms with E-state index in [0.717, 1.165) is 37.6 Å². The van der Waals surface area contributed by atoms with Crippen LogP contribution in [0.2, 0.25) is 0 Å². The van der Waals surface area contributed by atoms with E-state index in [0.29, 0.717) is 29.8 Å². The van der Waals surface area contributed by atoms with Crippen molar-refractivity contribution in [2.75, 3.05) is 18.0 Å². The highest BCUT2D eigenvalue weighted by Gasteiger charge is 2.37. The average Bonchev–Trinajstić information content (AvgIpc) is 3.61. The normalized spacial score (nSPS) is 20.1. The van der Waals surface area contributed by atoms with Crippen LogP contribution in [0.25, 0.3) is 22.2 Å². The van der Waals surface area contributed by atoms with Crippen LogP contribution in [0.3, 0.4) is 0 Å². The van der Waals surface area contributed by atoms with Crippen LogP contribution in [-0.4, -0.2) is 43.5 Å². The Hall–Kier alpha value is -3.87. The van der Waals surface area contributed by atoms with Crippen LogP contribution in [0.5, 0.6) is 0 Å². The van der Waals surface area contributed by atoms with E-state index in [9.17, 15) is 26.7 Å². The van der Waals surface area contributed by atoms with Crippen LogP contribution >= 0.6 is 0 Å². The summed E-state index contributed by atoms with van der Waals surface area (Å²) in [7, 11) is 0.972. The van der Waals surface area contributed by atoms with Gasteiger partial charge in [0.25, 0.3) is 5.56 Å². The third-order valence-corrected chi connectivity index (χ3v) is 6.99. The summed E-state index contributed by atoms with van der Waals surface area (Å²) in [5.74, 6) is -3.13. The zero-order valence-corrected chi connectivity index (χ0v) is 20.9. The number of nitrogens with zero attached hydrogens (tertiary/aromatic N) is 6. The zero-order valence-electron chi connectivity index (χ0n) is 20.9. The molecule has 0 amide bonds. The molecule has 2 fully saturated rings. The topological polar surface area (TPSA) is 78.1 Å². The number of anilines is 1. The molecule has 39 heavy (non-hydrogen) atoms. The molecular weight excluding hydrogens is 523 g/mol. The highest BCUT2D eigenvalue weighted by atomic mass is 19.4. The lowest BCUT2D eigenvalue weighted by Crippen LogP contribution is -2.43. The maximum atomic E-state index is 14.9. The van der Waals surface area contributed by atoms with Gasteiger partial charge in [0.2, 0.25) is 5.82 Å². The molecule has 1 aliphatic carbocycles. The van der Waals surface area contributed by atoms with Crippen molar-refractivity contribution in [2.24, 2.45) is 7.05 Å². The molecule has 4 heterocycles. The molecule has 1 saturated heterocycles. The van der Waals surface area contributed by atoms with Crippen LogP contribution in [0, 0.1) is 11.6 Å². The predicted molar refractivity (Wildman–Crippen MR) is 131 cm³/mol. The number of rotatable bonds is 4. The van der Waals surface area contributed by atoms with Crippen molar-refractivity contribution in [3.63, 3.8) is 0 Å². The summed E-state index contributed by atoms with van der Waals surface area (Å²) in [6.45, 7) is 2.52. The molecule has 2 atom stereocenters. The number of halogens is 5. The largest absolute Gasteiger partial charge is 0.449 e. The summed E-state index contributed by atoms with van der Waals surface area (Å²) < 4.78 is 78.1. The number of hydrogen-bond donors (Lipinski definition) is 0. The van der Waals surface area contributed by atoms with Crippen LogP contribution in [0.1, 0.15) is 43.3 Å². The summed E-state index contributed by atoms with van der Waals surface area (Å²) in [4.78, 5) is 23.2. The molecule has 1 saturated carbocycles. The van der Waals surface area contributed by atoms with Crippen molar-refractivity contribution in [3.05, 3.63) is 70.0 Å². The first-order chi connectivity index (χ1) is 18.5. The summed E-state index contributed by atoms with van der Waals surface area (Å²) in [5.41, 5.74) is -1.11. The fourth-order valence-corrected chi connectivity index (χ4v) is 4.92. The smallest absolute Gasteiger partial charge is 0.367 e. The third kappa shape index (κ3) is 4.64. The van der Waals surface area contributed by atoms with E-state index in [-0.39, 0.29) is 28.6 Å². The molecule has 3 aromatic heterocycles. The number of pyridine rings is 1. The van der Waals surface area contributed by atoms with Crippen molar-refractivity contribution in [2.45, 2.75) is 44.2 Å². The van der Waals surface area contributed by atoms with Crippen molar-refractivity contribution in [3.8, 4) is 11.3 Å². The van der Waals surface area contributed by atoms with Crippen molar-refractivity contribution < 1.29 is 26.7 Å². The predicted octanol–water partition coefficient (Wildman–Crippen LogP) is 4.79. The van der Waals surface area contributed by atoms with Crippen molar-refractivity contribution >= 4 is 16.7 Å². The van der Waals surface area contributed by atoms with E-state index in [1.807, 2.05) is 22.7 Å². The van der Waals surface area contributed by atoms with Crippen LogP contribution < -0.4 is 10.5 Å². The molecule has 6 rings (SSSR count). The fourth-order valence-electron chi connectivity index (χ4n) is 4.92. The Labute approximate surface area is 218 Å². The Morgan fingerprint density at radius 2 is 1.85 bits per heavy atom. The molecule has 204 valence electrons.